The first-order chi connectivity index (χ1) is 12.2. The van der Waals surface area contributed by atoms with Gasteiger partial charge in [0.2, 0.25) is 5.88 Å². The highest BCUT2D eigenvalue weighted by molar-refractivity contribution is 5.70. The van der Waals surface area contributed by atoms with Crippen molar-refractivity contribution in [3.8, 4) is 23.1 Å². The summed E-state index contributed by atoms with van der Waals surface area (Å²) in [6, 6.07) is 21.8. The van der Waals surface area contributed by atoms with E-state index < -0.39 is 0 Å². The van der Waals surface area contributed by atoms with Crippen molar-refractivity contribution in [1.29, 1.82) is 5.26 Å². The molecule has 124 valence electrons. The van der Waals surface area contributed by atoms with Crippen molar-refractivity contribution < 1.29 is 4.74 Å². The summed E-state index contributed by atoms with van der Waals surface area (Å²) >= 11 is 0. The first-order valence-electron chi connectivity index (χ1n) is 7.97. The third-order valence-electron chi connectivity index (χ3n) is 3.67. The van der Waals surface area contributed by atoms with E-state index in [0.717, 1.165) is 16.8 Å². The highest BCUT2D eigenvalue weighted by Crippen LogP contribution is 2.28. The predicted molar refractivity (Wildman–Crippen MR) is 99.7 cm³/mol. The van der Waals surface area contributed by atoms with Gasteiger partial charge in [-0.25, -0.2) is 0 Å². The van der Waals surface area contributed by atoms with Crippen molar-refractivity contribution in [1.82, 2.24) is 4.98 Å². The number of rotatable bonds is 5. The van der Waals surface area contributed by atoms with Crippen LogP contribution in [0.4, 0.5) is 17.2 Å². The second-order valence-corrected chi connectivity index (χ2v) is 5.39. The van der Waals surface area contributed by atoms with Crippen molar-refractivity contribution in [2.24, 2.45) is 0 Å². The second kappa shape index (κ2) is 7.37. The molecular weight excluding hydrogens is 312 g/mol. The van der Waals surface area contributed by atoms with Crippen LogP contribution in [0.15, 0.2) is 60.7 Å². The molecule has 0 bridgehead atoms. The summed E-state index contributed by atoms with van der Waals surface area (Å²) in [6.07, 6.45) is 0. The highest BCUT2D eigenvalue weighted by atomic mass is 16.5. The number of aromatic nitrogens is 1. The lowest BCUT2D eigenvalue weighted by Crippen LogP contribution is -2.04. The molecule has 0 aliphatic carbocycles. The van der Waals surface area contributed by atoms with Crippen LogP contribution < -0.4 is 15.8 Å². The lowest BCUT2D eigenvalue weighted by atomic mass is 10.1. The van der Waals surface area contributed by atoms with Gasteiger partial charge in [0.1, 0.15) is 17.5 Å². The van der Waals surface area contributed by atoms with Gasteiger partial charge in [-0.15, -0.1) is 0 Å². The summed E-state index contributed by atoms with van der Waals surface area (Å²) < 4.78 is 5.41. The van der Waals surface area contributed by atoms with Gasteiger partial charge in [-0.2, -0.15) is 10.2 Å². The molecule has 2 aromatic carbocycles. The number of anilines is 3. The number of nitriles is 1. The highest BCUT2D eigenvalue weighted by Gasteiger charge is 2.12. The summed E-state index contributed by atoms with van der Waals surface area (Å²) in [5, 5.41) is 12.4. The molecule has 3 aromatic rings. The molecule has 3 rings (SSSR count). The van der Waals surface area contributed by atoms with Gasteiger partial charge in [0, 0.05) is 11.8 Å². The molecule has 0 aliphatic rings. The Labute approximate surface area is 146 Å². The molecule has 5 heteroatoms. The van der Waals surface area contributed by atoms with Gasteiger partial charge in [0.25, 0.3) is 0 Å². The molecule has 1 heterocycles. The minimum Gasteiger partial charge on any atom is -0.477 e. The summed E-state index contributed by atoms with van der Waals surface area (Å²) in [7, 11) is 0. The van der Waals surface area contributed by atoms with Gasteiger partial charge in [-0.1, -0.05) is 42.5 Å². The molecule has 0 unspecified atom stereocenters. The Morgan fingerprint density at radius 1 is 1.08 bits per heavy atom. The van der Waals surface area contributed by atoms with E-state index >= 15 is 0 Å². The zero-order chi connectivity index (χ0) is 17.6. The molecule has 0 spiro atoms. The average Bonchev–Trinajstić information content (AvgIpc) is 2.63. The summed E-state index contributed by atoms with van der Waals surface area (Å²) in [4.78, 5) is 4.33. The fourth-order valence-corrected chi connectivity index (χ4v) is 2.48. The molecule has 25 heavy (non-hydrogen) atoms. The molecule has 0 saturated carbocycles. The molecule has 0 saturated heterocycles. The van der Waals surface area contributed by atoms with Crippen molar-refractivity contribution in [3.05, 3.63) is 66.2 Å². The molecular formula is C20H18N4O. The maximum atomic E-state index is 9.17. The first-order valence-corrected chi connectivity index (χ1v) is 7.97. The molecule has 0 amide bonds. The van der Waals surface area contributed by atoms with Crippen LogP contribution in [-0.2, 0) is 0 Å². The Morgan fingerprint density at radius 2 is 1.76 bits per heavy atom. The monoisotopic (exact) mass is 330 g/mol. The van der Waals surface area contributed by atoms with Gasteiger partial charge in [-0.3, -0.25) is 0 Å². The topological polar surface area (TPSA) is 84.0 Å². The maximum absolute atomic E-state index is 9.17. The SMILES string of the molecule is CCOc1nc(Nc2ccc(-c3ccccc3)cc2)cc(N)c1C#N. The standard InChI is InChI=1S/C20H18N4O/c1-2-25-20-17(13-21)18(22)12-19(24-20)23-16-10-8-15(9-11-16)14-6-4-3-5-7-14/h3-12H,2H2,1H3,(H3,22,23,24). The van der Waals surface area contributed by atoms with Crippen LogP contribution >= 0.6 is 0 Å². The quantitative estimate of drug-likeness (QED) is 0.727. The Balaban J connectivity index is 1.84. The van der Waals surface area contributed by atoms with Gasteiger partial charge >= 0.3 is 0 Å². The number of hydrogen-bond donors (Lipinski definition) is 2. The van der Waals surface area contributed by atoms with E-state index in [1.165, 1.54) is 0 Å². The second-order valence-electron chi connectivity index (χ2n) is 5.39. The summed E-state index contributed by atoms with van der Waals surface area (Å²) in [5.74, 6) is 0.779. The molecule has 5 nitrogen and oxygen atoms in total. The van der Waals surface area contributed by atoms with Gasteiger partial charge < -0.3 is 15.8 Å². The normalized spacial score (nSPS) is 10.1. The van der Waals surface area contributed by atoms with E-state index in [2.05, 4.69) is 22.4 Å². The van der Waals surface area contributed by atoms with Gasteiger partial charge in [0.05, 0.1) is 12.3 Å². The molecule has 0 aliphatic heterocycles. The minimum atomic E-state index is 0.244. The number of nitrogens with two attached hydrogens (primary N) is 1. The van der Waals surface area contributed by atoms with Crippen LogP contribution in [0.2, 0.25) is 0 Å². The van der Waals surface area contributed by atoms with Crippen LogP contribution in [-0.4, -0.2) is 11.6 Å². The maximum Gasteiger partial charge on any atom is 0.235 e. The summed E-state index contributed by atoms with van der Waals surface area (Å²) in [5.41, 5.74) is 9.70. The Morgan fingerprint density at radius 3 is 2.40 bits per heavy atom. The number of nitrogens with one attached hydrogen (secondary N) is 1. The fraction of sp³-hybridized carbons (Fsp3) is 0.100. The number of nitrogens with zero attached hydrogens (tertiary/aromatic N) is 2. The fourth-order valence-electron chi connectivity index (χ4n) is 2.48. The number of ether oxygens (including phenoxy) is 1. The predicted octanol–water partition coefficient (Wildman–Crippen LogP) is 4.34. The zero-order valence-electron chi connectivity index (χ0n) is 13.9. The van der Waals surface area contributed by atoms with Crippen molar-refractivity contribution in [2.75, 3.05) is 17.7 Å². The van der Waals surface area contributed by atoms with Gasteiger partial charge in [-0.05, 0) is 30.2 Å². The minimum absolute atomic E-state index is 0.244. The zero-order valence-corrected chi connectivity index (χ0v) is 13.9. The average molecular weight is 330 g/mol. The molecule has 1 aromatic heterocycles. The number of benzene rings is 2. The largest absolute Gasteiger partial charge is 0.477 e. The van der Waals surface area contributed by atoms with Crippen LogP contribution in [0.25, 0.3) is 11.1 Å². The lowest BCUT2D eigenvalue weighted by Gasteiger charge is -2.11. The molecule has 0 fully saturated rings. The van der Waals surface area contributed by atoms with E-state index in [4.69, 9.17) is 10.5 Å². The first kappa shape index (κ1) is 16.3. The Bertz CT molecular complexity index is 899. The van der Waals surface area contributed by atoms with Crippen molar-refractivity contribution in [2.45, 2.75) is 6.92 Å². The van der Waals surface area contributed by atoms with Crippen molar-refractivity contribution in [3.63, 3.8) is 0 Å². The third kappa shape index (κ3) is 3.70. The van der Waals surface area contributed by atoms with Crippen LogP contribution in [0.3, 0.4) is 0 Å². The lowest BCUT2D eigenvalue weighted by molar-refractivity contribution is 0.326. The Kier molecular flexibility index (Phi) is 4.82. The third-order valence-corrected chi connectivity index (χ3v) is 3.67. The van der Waals surface area contributed by atoms with Crippen LogP contribution in [0.1, 0.15) is 12.5 Å². The van der Waals surface area contributed by atoms with Crippen LogP contribution in [0, 0.1) is 11.3 Å². The Hall–Kier alpha value is -3.52. The number of nitrogen functional groups attached to an aromatic ring is 1. The summed E-state index contributed by atoms with van der Waals surface area (Å²) in [6.45, 7) is 2.25. The van der Waals surface area contributed by atoms with Crippen molar-refractivity contribution >= 4 is 17.2 Å². The van der Waals surface area contributed by atoms with E-state index in [0.29, 0.717) is 18.1 Å². The van der Waals surface area contributed by atoms with E-state index in [1.54, 1.807) is 6.07 Å². The number of pyridine rings is 1. The van der Waals surface area contributed by atoms with E-state index in [9.17, 15) is 5.26 Å². The van der Waals surface area contributed by atoms with E-state index in [1.807, 2.05) is 55.5 Å². The van der Waals surface area contributed by atoms with Crippen LogP contribution in [0.5, 0.6) is 5.88 Å². The molecule has 0 atom stereocenters. The molecule has 0 radical (unpaired) electrons. The smallest absolute Gasteiger partial charge is 0.235 e. The van der Waals surface area contributed by atoms with Gasteiger partial charge in [0.15, 0.2) is 0 Å². The molecule has 3 N–H and O–H groups in total. The number of hydrogen-bond acceptors (Lipinski definition) is 5. The van der Waals surface area contributed by atoms with E-state index in [-0.39, 0.29) is 11.4 Å².